The summed E-state index contributed by atoms with van der Waals surface area (Å²) in [5.74, 6) is 0.663. The maximum Gasteiger partial charge on any atom is -0.00914 e. The van der Waals surface area contributed by atoms with Crippen LogP contribution in [0.15, 0.2) is 59.8 Å². The Labute approximate surface area is 105 Å². The fourth-order valence-electron chi connectivity index (χ4n) is 2.87. The lowest BCUT2D eigenvalue weighted by Gasteiger charge is -2.30. The minimum absolute atomic E-state index is 0.265. The van der Waals surface area contributed by atoms with Crippen LogP contribution in [-0.2, 0) is 0 Å². The van der Waals surface area contributed by atoms with E-state index in [-0.39, 0.29) is 5.41 Å². The average molecular weight is 226 g/mol. The Morgan fingerprint density at radius 1 is 1.06 bits per heavy atom. The molecule has 0 saturated carbocycles. The summed E-state index contributed by atoms with van der Waals surface area (Å²) in [6.45, 7) is 7.03. The predicted octanol–water partition coefficient (Wildman–Crippen LogP) is 4.98. The molecule has 0 aromatic rings. The van der Waals surface area contributed by atoms with Crippen molar-refractivity contribution in [3.63, 3.8) is 0 Å². The monoisotopic (exact) mass is 226 g/mol. The van der Waals surface area contributed by atoms with E-state index < -0.39 is 0 Å². The summed E-state index contributed by atoms with van der Waals surface area (Å²) in [4.78, 5) is 0. The average Bonchev–Trinajstić information content (AvgIpc) is 2.56. The molecule has 0 N–H and O–H groups in total. The van der Waals surface area contributed by atoms with Gasteiger partial charge in [0.15, 0.2) is 0 Å². The molecule has 0 aliphatic heterocycles. The lowest BCUT2D eigenvalue weighted by atomic mass is 9.74. The van der Waals surface area contributed by atoms with E-state index in [9.17, 15) is 0 Å². The van der Waals surface area contributed by atoms with E-state index in [1.54, 1.807) is 0 Å². The van der Waals surface area contributed by atoms with Gasteiger partial charge in [0.2, 0.25) is 0 Å². The van der Waals surface area contributed by atoms with Gasteiger partial charge in [0.25, 0.3) is 0 Å². The SMILES string of the molecule is CC1C=CC=C(C2=CC=CC=CC2)C(C)(C)C1. The second kappa shape index (κ2) is 4.91. The molecule has 0 radical (unpaired) electrons. The Hall–Kier alpha value is -1.30. The molecule has 0 saturated heterocycles. The molecule has 0 bridgehead atoms. The highest BCUT2D eigenvalue weighted by Crippen LogP contribution is 2.41. The van der Waals surface area contributed by atoms with Crippen molar-refractivity contribution >= 4 is 0 Å². The van der Waals surface area contributed by atoms with Crippen molar-refractivity contribution < 1.29 is 0 Å². The Kier molecular flexibility index (Phi) is 3.51. The van der Waals surface area contributed by atoms with Crippen LogP contribution in [0.5, 0.6) is 0 Å². The van der Waals surface area contributed by atoms with Crippen molar-refractivity contribution in [1.29, 1.82) is 0 Å². The van der Waals surface area contributed by atoms with Crippen LogP contribution in [0, 0.1) is 11.3 Å². The van der Waals surface area contributed by atoms with E-state index >= 15 is 0 Å². The summed E-state index contributed by atoms with van der Waals surface area (Å²) in [6.07, 6.45) is 20.0. The van der Waals surface area contributed by atoms with Crippen molar-refractivity contribution in [2.45, 2.75) is 33.6 Å². The van der Waals surface area contributed by atoms with Crippen LogP contribution in [0.2, 0.25) is 0 Å². The second-order valence-electron chi connectivity index (χ2n) is 5.74. The third kappa shape index (κ3) is 2.88. The molecule has 0 aromatic heterocycles. The zero-order valence-electron chi connectivity index (χ0n) is 11.1. The van der Waals surface area contributed by atoms with Crippen LogP contribution in [0.3, 0.4) is 0 Å². The van der Waals surface area contributed by atoms with Crippen LogP contribution < -0.4 is 0 Å². The van der Waals surface area contributed by atoms with Gasteiger partial charge >= 0.3 is 0 Å². The van der Waals surface area contributed by atoms with Gasteiger partial charge in [0.05, 0.1) is 0 Å². The summed E-state index contributed by atoms with van der Waals surface area (Å²) in [5.41, 5.74) is 3.22. The Bertz CT molecular complexity index is 425. The smallest absolute Gasteiger partial charge is 0.00914 e. The highest BCUT2D eigenvalue weighted by molar-refractivity contribution is 5.43. The van der Waals surface area contributed by atoms with Gasteiger partial charge in [0, 0.05) is 0 Å². The van der Waals surface area contributed by atoms with Crippen LogP contribution in [-0.4, -0.2) is 0 Å². The molecule has 0 aromatic carbocycles. The normalized spacial score (nSPS) is 27.1. The van der Waals surface area contributed by atoms with Gasteiger partial charge in [-0.3, -0.25) is 0 Å². The summed E-state index contributed by atoms with van der Waals surface area (Å²) in [5, 5.41) is 0. The lowest BCUT2D eigenvalue weighted by molar-refractivity contribution is 0.369. The van der Waals surface area contributed by atoms with Crippen molar-refractivity contribution in [2.75, 3.05) is 0 Å². The standard InChI is InChI=1S/C17H22/c1-14-9-8-12-16(17(2,3)13-14)15-10-6-4-5-7-11-15/h4-10,12,14H,11,13H2,1-3H3. The summed E-state index contributed by atoms with van der Waals surface area (Å²) in [7, 11) is 0. The largest absolute Gasteiger partial charge is 0.0817 e. The minimum atomic E-state index is 0.265. The first-order chi connectivity index (χ1) is 8.09. The van der Waals surface area contributed by atoms with E-state index in [0.717, 1.165) is 6.42 Å². The minimum Gasteiger partial charge on any atom is -0.0817 e. The van der Waals surface area contributed by atoms with Crippen molar-refractivity contribution in [3.8, 4) is 0 Å². The highest BCUT2D eigenvalue weighted by Gasteiger charge is 2.27. The number of hydrogen-bond acceptors (Lipinski definition) is 0. The van der Waals surface area contributed by atoms with Gasteiger partial charge in [-0.25, -0.2) is 0 Å². The summed E-state index contributed by atoms with van der Waals surface area (Å²) >= 11 is 0. The van der Waals surface area contributed by atoms with Crippen molar-refractivity contribution in [1.82, 2.24) is 0 Å². The molecule has 90 valence electrons. The van der Waals surface area contributed by atoms with Crippen molar-refractivity contribution in [2.24, 2.45) is 11.3 Å². The lowest BCUT2D eigenvalue weighted by Crippen LogP contribution is -2.18. The van der Waals surface area contributed by atoms with E-state index in [2.05, 4.69) is 69.4 Å². The topological polar surface area (TPSA) is 0 Å². The fourth-order valence-corrected chi connectivity index (χ4v) is 2.87. The molecule has 2 aliphatic rings. The molecule has 0 amide bonds. The van der Waals surface area contributed by atoms with E-state index in [1.165, 1.54) is 17.6 Å². The summed E-state index contributed by atoms with van der Waals surface area (Å²) < 4.78 is 0. The summed E-state index contributed by atoms with van der Waals surface area (Å²) in [6, 6.07) is 0. The van der Waals surface area contributed by atoms with E-state index in [1.807, 2.05) is 0 Å². The van der Waals surface area contributed by atoms with Gasteiger partial charge in [-0.1, -0.05) is 69.4 Å². The first-order valence-electron chi connectivity index (χ1n) is 6.51. The van der Waals surface area contributed by atoms with E-state index in [4.69, 9.17) is 0 Å². The molecule has 1 atom stereocenters. The molecule has 0 fully saturated rings. The molecule has 2 rings (SSSR count). The molecule has 0 nitrogen and oxygen atoms in total. The van der Waals surface area contributed by atoms with E-state index in [0.29, 0.717) is 5.92 Å². The van der Waals surface area contributed by atoms with Gasteiger partial charge in [-0.05, 0) is 35.3 Å². The molecule has 0 spiro atoms. The highest BCUT2D eigenvalue weighted by atomic mass is 14.3. The maximum absolute atomic E-state index is 2.36. The zero-order valence-corrected chi connectivity index (χ0v) is 11.1. The van der Waals surface area contributed by atoms with Crippen molar-refractivity contribution in [3.05, 3.63) is 59.8 Å². The molecular formula is C17H22. The molecule has 0 heteroatoms. The zero-order chi connectivity index (χ0) is 12.3. The van der Waals surface area contributed by atoms with Gasteiger partial charge in [0.1, 0.15) is 0 Å². The Morgan fingerprint density at radius 3 is 2.71 bits per heavy atom. The van der Waals surface area contributed by atoms with Crippen LogP contribution >= 0.6 is 0 Å². The maximum atomic E-state index is 2.36. The van der Waals surface area contributed by atoms with Crippen LogP contribution in [0.1, 0.15) is 33.6 Å². The molecule has 1 unspecified atom stereocenters. The number of rotatable bonds is 1. The molecule has 2 aliphatic carbocycles. The Balaban J connectivity index is 2.33. The first-order valence-corrected chi connectivity index (χ1v) is 6.51. The third-order valence-corrected chi connectivity index (χ3v) is 3.60. The fraction of sp³-hybridized carbons (Fsp3) is 0.412. The van der Waals surface area contributed by atoms with Crippen LogP contribution in [0.4, 0.5) is 0 Å². The van der Waals surface area contributed by atoms with Gasteiger partial charge in [-0.15, -0.1) is 0 Å². The first kappa shape index (κ1) is 12.2. The second-order valence-corrected chi connectivity index (χ2v) is 5.74. The number of allylic oxidation sites excluding steroid dienone is 10. The molecule has 17 heavy (non-hydrogen) atoms. The number of hydrogen-bond donors (Lipinski definition) is 0. The molecular weight excluding hydrogens is 204 g/mol. The molecule has 0 heterocycles. The third-order valence-electron chi connectivity index (χ3n) is 3.60. The van der Waals surface area contributed by atoms with Crippen LogP contribution in [0.25, 0.3) is 0 Å². The Morgan fingerprint density at radius 2 is 1.88 bits per heavy atom. The quantitative estimate of drug-likeness (QED) is 0.591. The predicted molar refractivity (Wildman–Crippen MR) is 75.8 cm³/mol. The van der Waals surface area contributed by atoms with Gasteiger partial charge in [-0.2, -0.15) is 0 Å². The van der Waals surface area contributed by atoms with Gasteiger partial charge < -0.3 is 0 Å².